The van der Waals surface area contributed by atoms with E-state index in [-0.39, 0.29) is 17.9 Å². The molecule has 0 aromatic heterocycles. The molecule has 0 aromatic carbocycles. The molecule has 1 fully saturated rings. The summed E-state index contributed by atoms with van der Waals surface area (Å²) in [6.07, 6.45) is 1.87. The van der Waals surface area contributed by atoms with Gasteiger partial charge in [-0.05, 0) is 25.7 Å². The van der Waals surface area contributed by atoms with Crippen LogP contribution in [0, 0.1) is 5.92 Å². The van der Waals surface area contributed by atoms with Crippen molar-refractivity contribution >= 4 is 17.9 Å². The minimum absolute atomic E-state index is 0.00272. The number of carboxylic acids is 1. The first-order chi connectivity index (χ1) is 9.90. The highest BCUT2D eigenvalue weighted by atomic mass is 16.4. The molecule has 0 radical (unpaired) electrons. The number of carboxylic acid groups (broad SMARTS) is 1. The highest BCUT2D eigenvalue weighted by Gasteiger charge is 2.38. The number of piperidine rings is 1. The van der Waals surface area contributed by atoms with Crippen molar-refractivity contribution in [2.45, 2.75) is 45.1 Å². The molecular formula is C14H25N3O4. The number of urea groups is 1. The third-order valence-electron chi connectivity index (χ3n) is 4.36. The van der Waals surface area contributed by atoms with Crippen LogP contribution in [0.1, 0.15) is 39.5 Å². The van der Waals surface area contributed by atoms with E-state index in [1.807, 2.05) is 0 Å². The Hall–Kier alpha value is -1.79. The maximum Gasteiger partial charge on any atom is 0.329 e. The average molecular weight is 299 g/mol. The third-order valence-corrected chi connectivity index (χ3v) is 4.36. The molecule has 0 bridgehead atoms. The second-order valence-electron chi connectivity index (χ2n) is 5.40. The molecule has 120 valence electrons. The van der Waals surface area contributed by atoms with E-state index in [4.69, 9.17) is 0 Å². The van der Waals surface area contributed by atoms with E-state index in [9.17, 15) is 19.5 Å². The monoisotopic (exact) mass is 299 g/mol. The molecule has 1 heterocycles. The fourth-order valence-electron chi connectivity index (χ4n) is 2.62. The summed E-state index contributed by atoms with van der Waals surface area (Å²) in [7, 11) is 1.60. The number of carbonyl (C=O) groups is 3. The Kier molecular flexibility index (Phi) is 5.99. The number of nitrogens with one attached hydrogen (secondary N) is 2. The number of nitrogens with zero attached hydrogens (tertiary/aromatic N) is 1. The van der Waals surface area contributed by atoms with Crippen molar-refractivity contribution < 1.29 is 19.5 Å². The van der Waals surface area contributed by atoms with Crippen molar-refractivity contribution in [2.24, 2.45) is 5.92 Å². The summed E-state index contributed by atoms with van der Waals surface area (Å²) < 4.78 is 0. The predicted octanol–water partition coefficient (Wildman–Crippen LogP) is 0.797. The summed E-state index contributed by atoms with van der Waals surface area (Å²) >= 11 is 0. The van der Waals surface area contributed by atoms with E-state index < -0.39 is 11.5 Å². The van der Waals surface area contributed by atoms with Gasteiger partial charge in [0, 0.05) is 26.1 Å². The zero-order chi connectivity index (χ0) is 16.0. The predicted molar refractivity (Wildman–Crippen MR) is 77.8 cm³/mol. The van der Waals surface area contributed by atoms with Crippen molar-refractivity contribution in [3.8, 4) is 0 Å². The fourth-order valence-corrected chi connectivity index (χ4v) is 2.62. The molecule has 0 atom stereocenters. The van der Waals surface area contributed by atoms with E-state index >= 15 is 0 Å². The minimum atomic E-state index is -1.21. The molecule has 0 saturated carbocycles. The van der Waals surface area contributed by atoms with Gasteiger partial charge in [-0.25, -0.2) is 9.59 Å². The van der Waals surface area contributed by atoms with Gasteiger partial charge in [0.1, 0.15) is 5.54 Å². The first-order valence-corrected chi connectivity index (χ1v) is 7.42. The number of rotatable bonds is 5. The molecule has 0 unspecified atom stereocenters. The van der Waals surface area contributed by atoms with Gasteiger partial charge in [-0.2, -0.15) is 0 Å². The molecule has 7 heteroatoms. The standard InChI is InChI=1S/C14H25N3O4/c1-4-14(5-2,12(19)20)16-13(21)17-8-6-10(7-9-17)11(18)15-3/h10H,4-9H2,1-3H3,(H,15,18)(H,16,21)(H,19,20). The highest BCUT2D eigenvalue weighted by Crippen LogP contribution is 2.20. The van der Waals surface area contributed by atoms with E-state index in [1.54, 1.807) is 25.8 Å². The average Bonchev–Trinajstić information content (AvgIpc) is 2.51. The smallest absolute Gasteiger partial charge is 0.329 e. The van der Waals surface area contributed by atoms with Crippen LogP contribution in [0.15, 0.2) is 0 Å². The van der Waals surface area contributed by atoms with Gasteiger partial charge in [0.05, 0.1) is 0 Å². The van der Waals surface area contributed by atoms with E-state index in [0.29, 0.717) is 38.8 Å². The van der Waals surface area contributed by atoms with Crippen LogP contribution in [0.2, 0.25) is 0 Å². The summed E-state index contributed by atoms with van der Waals surface area (Å²) in [4.78, 5) is 36.8. The number of hydrogen-bond acceptors (Lipinski definition) is 3. The fraction of sp³-hybridized carbons (Fsp3) is 0.786. The van der Waals surface area contributed by atoms with Gasteiger partial charge < -0.3 is 20.6 Å². The van der Waals surface area contributed by atoms with Gasteiger partial charge in [-0.15, -0.1) is 0 Å². The SMILES string of the molecule is CCC(CC)(NC(=O)N1CCC(C(=O)NC)CC1)C(=O)O. The van der Waals surface area contributed by atoms with Crippen LogP contribution in [-0.2, 0) is 9.59 Å². The van der Waals surface area contributed by atoms with E-state index in [2.05, 4.69) is 10.6 Å². The van der Waals surface area contributed by atoms with Crippen LogP contribution >= 0.6 is 0 Å². The number of hydrogen-bond donors (Lipinski definition) is 3. The van der Waals surface area contributed by atoms with Crippen LogP contribution in [0.3, 0.4) is 0 Å². The van der Waals surface area contributed by atoms with Gasteiger partial charge in [0.2, 0.25) is 5.91 Å². The summed E-state index contributed by atoms with van der Waals surface area (Å²) in [5.41, 5.74) is -1.21. The quantitative estimate of drug-likeness (QED) is 0.699. The first-order valence-electron chi connectivity index (χ1n) is 7.42. The van der Waals surface area contributed by atoms with Gasteiger partial charge in [-0.1, -0.05) is 13.8 Å². The first kappa shape index (κ1) is 17.3. The Labute approximate surface area is 125 Å². The number of amides is 3. The van der Waals surface area contributed by atoms with Gasteiger partial charge in [-0.3, -0.25) is 4.79 Å². The van der Waals surface area contributed by atoms with Crippen molar-refractivity contribution in [1.82, 2.24) is 15.5 Å². The van der Waals surface area contributed by atoms with E-state index in [1.165, 1.54) is 0 Å². The molecule has 7 nitrogen and oxygen atoms in total. The van der Waals surface area contributed by atoms with E-state index in [0.717, 1.165) is 0 Å². The molecule has 3 amide bonds. The van der Waals surface area contributed by atoms with Gasteiger partial charge in [0.15, 0.2) is 0 Å². The Bertz CT molecular complexity index is 399. The van der Waals surface area contributed by atoms with Crippen molar-refractivity contribution in [2.75, 3.05) is 20.1 Å². The van der Waals surface area contributed by atoms with Crippen molar-refractivity contribution in [3.63, 3.8) is 0 Å². The van der Waals surface area contributed by atoms with Crippen molar-refractivity contribution in [3.05, 3.63) is 0 Å². The van der Waals surface area contributed by atoms with Gasteiger partial charge >= 0.3 is 12.0 Å². The lowest BCUT2D eigenvalue weighted by Crippen LogP contribution is -2.58. The lowest BCUT2D eigenvalue weighted by molar-refractivity contribution is -0.144. The van der Waals surface area contributed by atoms with Crippen LogP contribution < -0.4 is 10.6 Å². The maximum absolute atomic E-state index is 12.2. The normalized spacial score (nSPS) is 16.4. The zero-order valence-electron chi connectivity index (χ0n) is 12.9. The summed E-state index contributed by atoms with van der Waals surface area (Å²) in [6.45, 7) is 4.42. The van der Waals surface area contributed by atoms with Crippen LogP contribution in [-0.4, -0.2) is 53.6 Å². The summed E-state index contributed by atoms with van der Waals surface area (Å²) in [6, 6.07) is -0.364. The Morgan fingerprint density at radius 3 is 2.10 bits per heavy atom. The Morgan fingerprint density at radius 2 is 1.71 bits per heavy atom. The molecule has 1 saturated heterocycles. The lowest BCUT2D eigenvalue weighted by atomic mass is 9.93. The molecule has 1 aliphatic rings. The summed E-state index contributed by atoms with van der Waals surface area (Å²) in [5, 5.41) is 14.6. The second kappa shape index (κ2) is 7.28. The van der Waals surface area contributed by atoms with Gasteiger partial charge in [0.25, 0.3) is 0 Å². The maximum atomic E-state index is 12.2. The third kappa shape index (κ3) is 3.86. The minimum Gasteiger partial charge on any atom is -0.480 e. The molecule has 0 spiro atoms. The number of aliphatic carboxylic acids is 1. The highest BCUT2D eigenvalue weighted by molar-refractivity contribution is 5.86. The van der Waals surface area contributed by atoms with Crippen LogP contribution in [0.4, 0.5) is 4.79 Å². The molecule has 1 aliphatic heterocycles. The molecule has 3 N–H and O–H groups in total. The van der Waals surface area contributed by atoms with Crippen LogP contribution in [0.25, 0.3) is 0 Å². The Morgan fingerprint density at radius 1 is 1.19 bits per heavy atom. The molecule has 0 aromatic rings. The summed E-state index contributed by atoms with van der Waals surface area (Å²) in [5.74, 6) is -1.08. The molecular weight excluding hydrogens is 274 g/mol. The zero-order valence-corrected chi connectivity index (χ0v) is 12.9. The topological polar surface area (TPSA) is 98.7 Å². The molecule has 21 heavy (non-hydrogen) atoms. The number of carbonyl (C=O) groups excluding carboxylic acids is 2. The van der Waals surface area contributed by atoms with Crippen LogP contribution in [0.5, 0.6) is 0 Å². The lowest BCUT2D eigenvalue weighted by Gasteiger charge is -2.35. The second-order valence-corrected chi connectivity index (χ2v) is 5.40. The molecule has 1 rings (SSSR count). The molecule has 0 aliphatic carbocycles. The Balaban J connectivity index is 2.62. The number of likely N-dealkylation sites (tertiary alicyclic amines) is 1. The van der Waals surface area contributed by atoms with Crippen molar-refractivity contribution in [1.29, 1.82) is 0 Å². The largest absolute Gasteiger partial charge is 0.480 e.